The van der Waals surface area contributed by atoms with Crippen LogP contribution < -0.4 is 15.8 Å². The predicted octanol–water partition coefficient (Wildman–Crippen LogP) is 3.10. The van der Waals surface area contributed by atoms with E-state index in [-0.39, 0.29) is 51.4 Å². The number of anilines is 1. The molecule has 1 amide bonds. The molecule has 12 heteroatoms. The Kier molecular flexibility index (Phi) is 6.98. The summed E-state index contributed by atoms with van der Waals surface area (Å²) in [5, 5.41) is 2.84. The molecular formula is C23H27F2N5O4S. The van der Waals surface area contributed by atoms with Crippen molar-refractivity contribution in [3.05, 3.63) is 47.4 Å². The highest BCUT2D eigenvalue weighted by Gasteiger charge is 2.66. The van der Waals surface area contributed by atoms with Gasteiger partial charge in [-0.1, -0.05) is 11.8 Å². The molecule has 35 heavy (non-hydrogen) atoms. The highest BCUT2D eigenvalue weighted by Crippen LogP contribution is 2.66. The van der Waals surface area contributed by atoms with E-state index in [9.17, 15) is 9.18 Å². The molecule has 0 unspecified atom stereocenters. The number of carbonyl (C=O) groups is 1. The Bertz CT molecular complexity index is 1150. The Morgan fingerprint density at radius 1 is 1.31 bits per heavy atom. The van der Waals surface area contributed by atoms with Gasteiger partial charge in [0.1, 0.15) is 12.3 Å². The molecule has 2 aliphatic rings. The highest BCUT2D eigenvalue weighted by atomic mass is 32.2. The molecule has 0 saturated heterocycles. The van der Waals surface area contributed by atoms with Crippen molar-refractivity contribution in [1.82, 2.24) is 9.97 Å². The van der Waals surface area contributed by atoms with Crippen molar-refractivity contribution in [1.29, 1.82) is 0 Å². The van der Waals surface area contributed by atoms with Crippen LogP contribution in [0.2, 0.25) is 0 Å². The average molecular weight is 508 g/mol. The minimum absolute atomic E-state index is 0.0149. The van der Waals surface area contributed by atoms with Gasteiger partial charge in [-0.15, -0.1) is 0 Å². The van der Waals surface area contributed by atoms with Crippen LogP contribution in [0.3, 0.4) is 0 Å². The smallest absolute Gasteiger partial charge is 0.275 e. The second-order valence-electron chi connectivity index (χ2n) is 8.83. The molecule has 1 aliphatic heterocycles. The van der Waals surface area contributed by atoms with Gasteiger partial charge in [0.2, 0.25) is 5.88 Å². The van der Waals surface area contributed by atoms with Crippen molar-refractivity contribution >= 4 is 28.5 Å². The van der Waals surface area contributed by atoms with Crippen LogP contribution in [-0.2, 0) is 15.0 Å². The molecule has 9 nitrogen and oxygen atoms in total. The van der Waals surface area contributed by atoms with Crippen LogP contribution in [0.25, 0.3) is 0 Å². The standard InChI is InChI=1S/C23H27F2N5O4S/c1-12(33-4)10-34-18-9-27-16(8-28-18)20(31)29-13-5-14(19(25)15(24)6-13)22(2)17-7-23(17,11-32-3)35-21(26)30-22/h5-6,8-9,12,17H,7,10-11H2,1-4H3,(H2,26,30)(H,29,31)/t12-,17+,22+,23-/m1/s1. The van der Waals surface area contributed by atoms with Gasteiger partial charge in [0.15, 0.2) is 16.8 Å². The Labute approximate surface area is 205 Å². The van der Waals surface area contributed by atoms with Crippen LogP contribution in [0, 0.1) is 17.6 Å². The number of halogens is 2. The molecule has 2 heterocycles. The first-order chi connectivity index (χ1) is 16.6. The number of fused-ring (bicyclic) bond motifs is 1. The summed E-state index contributed by atoms with van der Waals surface area (Å²) >= 11 is 1.40. The quantitative estimate of drug-likeness (QED) is 0.531. The maximum atomic E-state index is 15.0. The topological polar surface area (TPSA) is 121 Å². The third kappa shape index (κ3) is 4.95. The van der Waals surface area contributed by atoms with E-state index < -0.39 is 23.1 Å². The molecule has 4 rings (SSSR count). The van der Waals surface area contributed by atoms with E-state index in [1.807, 2.05) is 6.92 Å². The number of ether oxygens (including phenoxy) is 3. The first-order valence-electron chi connectivity index (χ1n) is 10.9. The fourth-order valence-electron chi connectivity index (χ4n) is 4.33. The number of aromatic nitrogens is 2. The van der Waals surface area contributed by atoms with Gasteiger partial charge in [0, 0.05) is 37.5 Å². The first kappa shape index (κ1) is 25.3. The van der Waals surface area contributed by atoms with E-state index in [1.54, 1.807) is 21.1 Å². The van der Waals surface area contributed by atoms with Gasteiger partial charge in [-0.05, 0) is 26.3 Å². The SMILES string of the molecule is COC[C@]12C[C@H]1[C@](C)(c1cc(NC(=O)c3cnc(OC[C@@H](C)OC)cn3)cc(F)c1F)N=C(N)S2. The number of amides is 1. The Morgan fingerprint density at radius 3 is 2.74 bits per heavy atom. The molecule has 1 aliphatic carbocycles. The molecule has 0 bridgehead atoms. The largest absolute Gasteiger partial charge is 0.474 e. The number of benzene rings is 1. The lowest BCUT2D eigenvalue weighted by Gasteiger charge is -2.34. The lowest BCUT2D eigenvalue weighted by molar-refractivity contribution is 0.0697. The maximum absolute atomic E-state index is 15.0. The van der Waals surface area contributed by atoms with Crippen LogP contribution in [0.1, 0.15) is 36.3 Å². The van der Waals surface area contributed by atoms with Crippen molar-refractivity contribution < 1.29 is 27.8 Å². The Morgan fingerprint density at radius 2 is 2.09 bits per heavy atom. The van der Waals surface area contributed by atoms with Crippen molar-refractivity contribution in [2.45, 2.75) is 36.7 Å². The summed E-state index contributed by atoms with van der Waals surface area (Å²) in [4.78, 5) is 25.3. The van der Waals surface area contributed by atoms with Gasteiger partial charge in [-0.3, -0.25) is 9.79 Å². The van der Waals surface area contributed by atoms with Gasteiger partial charge < -0.3 is 25.3 Å². The minimum atomic E-state index is -1.11. The van der Waals surface area contributed by atoms with Crippen LogP contribution in [0.5, 0.6) is 5.88 Å². The number of carbonyl (C=O) groups excluding carboxylic acids is 1. The van der Waals surface area contributed by atoms with Crippen molar-refractivity contribution in [3.63, 3.8) is 0 Å². The molecule has 1 aromatic carbocycles. The third-order valence-corrected chi connectivity index (χ3v) is 7.58. The fraction of sp³-hybridized carbons (Fsp3) is 0.478. The third-order valence-electron chi connectivity index (χ3n) is 6.30. The van der Waals surface area contributed by atoms with E-state index in [2.05, 4.69) is 20.3 Å². The van der Waals surface area contributed by atoms with E-state index in [0.717, 1.165) is 6.07 Å². The molecule has 0 spiro atoms. The van der Waals surface area contributed by atoms with Crippen LogP contribution in [-0.4, -0.2) is 59.3 Å². The molecule has 0 radical (unpaired) electrons. The van der Waals surface area contributed by atoms with Crippen LogP contribution in [0.15, 0.2) is 29.5 Å². The van der Waals surface area contributed by atoms with Crippen molar-refractivity contribution in [3.8, 4) is 5.88 Å². The van der Waals surface area contributed by atoms with Gasteiger partial charge in [-0.25, -0.2) is 18.7 Å². The number of hydrogen-bond acceptors (Lipinski definition) is 9. The van der Waals surface area contributed by atoms with Crippen LogP contribution in [0.4, 0.5) is 14.5 Å². The van der Waals surface area contributed by atoms with E-state index in [1.165, 1.54) is 30.2 Å². The zero-order valence-corrected chi connectivity index (χ0v) is 20.6. The monoisotopic (exact) mass is 507 g/mol. The van der Waals surface area contributed by atoms with E-state index >= 15 is 4.39 Å². The van der Waals surface area contributed by atoms with E-state index in [4.69, 9.17) is 19.9 Å². The zero-order chi connectivity index (χ0) is 25.4. The molecule has 1 aromatic heterocycles. The van der Waals surface area contributed by atoms with Gasteiger partial charge >= 0.3 is 0 Å². The average Bonchev–Trinajstić information content (AvgIpc) is 3.54. The summed E-state index contributed by atoms with van der Waals surface area (Å²) in [6.07, 6.45) is 3.09. The van der Waals surface area contributed by atoms with Crippen LogP contribution >= 0.6 is 11.8 Å². The highest BCUT2D eigenvalue weighted by molar-refractivity contribution is 8.15. The number of nitrogens with one attached hydrogen (secondary N) is 1. The lowest BCUT2D eigenvalue weighted by Crippen LogP contribution is -2.38. The molecule has 3 N–H and O–H groups in total. The second-order valence-corrected chi connectivity index (χ2v) is 10.3. The normalized spacial score (nSPS) is 25.9. The number of aliphatic imine (C=N–C) groups is 1. The molecule has 1 fully saturated rings. The maximum Gasteiger partial charge on any atom is 0.275 e. The number of rotatable bonds is 9. The molecule has 188 valence electrons. The van der Waals surface area contributed by atoms with Gasteiger partial charge in [0.25, 0.3) is 5.91 Å². The van der Waals surface area contributed by atoms with Crippen molar-refractivity contribution in [2.75, 3.05) is 32.8 Å². The van der Waals surface area contributed by atoms with E-state index in [0.29, 0.717) is 13.0 Å². The lowest BCUT2D eigenvalue weighted by atomic mass is 9.85. The molecular weight excluding hydrogens is 480 g/mol. The van der Waals surface area contributed by atoms with Gasteiger partial charge in [0.05, 0.1) is 35.4 Å². The number of nitrogens with two attached hydrogens (primary N) is 1. The Hall–Kier alpha value is -2.83. The van der Waals surface area contributed by atoms with Crippen molar-refractivity contribution in [2.24, 2.45) is 16.6 Å². The summed E-state index contributed by atoms with van der Waals surface area (Å²) in [6.45, 7) is 4.24. The number of nitrogens with zero attached hydrogens (tertiary/aromatic N) is 3. The zero-order valence-electron chi connectivity index (χ0n) is 19.8. The number of thioether (sulfide) groups is 1. The summed E-state index contributed by atoms with van der Waals surface area (Å²) in [5.74, 6) is -2.65. The summed E-state index contributed by atoms with van der Waals surface area (Å²) in [6, 6.07) is 2.30. The van der Waals surface area contributed by atoms with Gasteiger partial charge in [-0.2, -0.15) is 0 Å². The fourth-order valence-corrected chi connectivity index (χ4v) is 5.78. The second kappa shape index (κ2) is 9.67. The summed E-state index contributed by atoms with van der Waals surface area (Å²) in [7, 11) is 3.15. The predicted molar refractivity (Wildman–Crippen MR) is 128 cm³/mol. The molecule has 2 aromatic rings. The summed E-state index contributed by atoms with van der Waals surface area (Å²) < 4.78 is 45.2. The molecule has 1 saturated carbocycles. The molecule has 4 atom stereocenters. The minimum Gasteiger partial charge on any atom is -0.474 e. The number of hydrogen-bond donors (Lipinski definition) is 2. The first-order valence-corrected chi connectivity index (χ1v) is 11.8. The number of methoxy groups -OCH3 is 2. The Balaban J connectivity index is 1.55. The summed E-state index contributed by atoms with van der Waals surface area (Å²) in [5.41, 5.74) is 5.00. The number of amidine groups is 1.